The van der Waals surface area contributed by atoms with Crippen LogP contribution in [0.4, 0.5) is 4.39 Å². The maximum Gasteiger partial charge on any atom is 0.123 e. The normalized spacial score (nSPS) is 13.1. The van der Waals surface area contributed by atoms with Crippen molar-refractivity contribution in [1.82, 2.24) is 5.32 Å². The summed E-state index contributed by atoms with van der Waals surface area (Å²) >= 11 is 0. The molecule has 1 nitrogen and oxygen atoms in total. The zero-order valence-corrected chi connectivity index (χ0v) is 11.4. The minimum atomic E-state index is -0.128. The van der Waals surface area contributed by atoms with Gasteiger partial charge in [0.05, 0.1) is 0 Å². The van der Waals surface area contributed by atoms with E-state index in [2.05, 4.69) is 33.0 Å². The highest BCUT2D eigenvalue weighted by Crippen LogP contribution is 2.17. The topological polar surface area (TPSA) is 12.0 Å². The molecule has 1 atom stereocenters. The first kappa shape index (κ1) is 14.2. The van der Waals surface area contributed by atoms with Crippen molar-refractivity contribution in [1.29, 1.82) is 0 Å². The second-order valence-corrected chi connectivity index (χ2v) is 5.11. The van der Waals surface area contributed by atoms with Crippen molar-refractivity contribution in [3.8, 4) is 0 Å². The van der Waals surface area contributed by atoms with E-state index >= 15 is 0 Å². The van der Waals surface area contributed by atoms with Crippen LogP contribution < -0.4 is 5.32 Å². The molecule has 1 aromatic rings. The van der Waals surface area contributed by atoms with Gasteiger partial charge in [0.1, 0.15) is 5.82 Å². The SMILES string of the molecule is CCC(CNC(C)C)Cc1cc(F)ccc1C. The molecule has 0 aliphatic heterocycles. The Morgan fingerprint density at radius 2 is 2.00 bits per heavy atom. The lowest BCUT2D eigenvalue weighted by Gasteiger charge is -2.18. The summed E-state index contributed by atoms with van der Waals surface area (Å²) in [4.78, 5) is 0. The zero-order valence-electron chi connectivity index (χ0n) is 11.4. The molecule has 0 fully saturated rings. The summed E-state index contributed by atoms with van der Waals surface area (Å²) in [6.07, 6.45) is 2.08. The Morgan fingerprint density at radius 1 is 1.29 bits per heavy atom. The largest absolute Gasteiger partial charge is 0.314 e. The predicted molar refractivity (Wildman–Crippen MR) is 71.8 cm³/mol. The fourth-order valence-corrected chi connectivity index (χ4v) is 1.93. The Morgan fingerprint density at radius 3 is 2.59 bits per heavy atom. The van der Waals surface area contributed by atoms with Crippen LogP contribution in [0.3, 0.4) is 0 Å². The fraction of sp³-hybridized carbons (Fsp3) is 0.600. The van der Waals surface area contributed by atoms with Crippen LogP contribution in [0.25, 0.3) is 0 Å². The van der Waals surface area contributed by atoms with Crippen molar-refractivity contribution in [2.75, 3.05) is 6.54 Å². The van der Waals surface area contributed by atoms with Gasteiger partial charge < -0.3 is 5.32 Å². The van der Waals surface area contributed by atoms with E-state index < -0.39 is 0 Å². The molecule has 96 valence electrons. The van der Waals surface area contributed by atoms with E-state index in [-0.39, 0.29) is 5.82 Å². The predicted octanol–water partition coefficient (Wildman–Crippen LogP) is 3.70. The molecule has 1 aromatic carbocycles. The molecule has 1 unspecified atom stereocenters. The minimum Gasteiger partial charge on any atom is -0.314 e. The third-order valence-corrected chi connectivity index (χ3v) is 3.21. The Bertz CT molecular complexity index is 347. The first-order valence-corrected chi connectivity index (χ1v) is 6.51. The summed E-state index contributed by atoms with van der Waals surface area (Å²) in [6.45, 7) is 9.56. The van der Waals surface area contributed by atoms with Crippen molar-refractivity contribution < 1.29 is 4.39 Å². The second kappa shape index (κ2) is 6.75. The number of hydrogen-bond acceptors (Lipinski definition) is 1. The molecule has 0 bridgehead atoms. The first-order chi connectivity index (χ1) is 8.02. The van der Waals surface area contributed by atoms with Gasteiger partial charge in [-0.3, -0.25) is 0 Å². The van der Waals surface area contributed by atoms with Crippen molar-refractivity contribution >= 4 is 0 Å². The van der Waals surface area contributed by atoms with E-state index in [9.17, 15) is 4.39 Å². The molecule has 0 aromatic heterocycles. The molecule has 2 heteroatoms. The molecule has 1 rings (SSSR count). The summed E-state index contributed by atoms with van der Waals surface area (Å²) < 4.78 is 13.2. The molecule has 0 aliphatic carbocycles. The molecular formula is C15H24FN. The molecule has 0 saturated carbocycles. The quantitative estimate of drug-likeness (QED) is 0.795. The average Bonchev–Trinajstić information content (AvgIpc) is 2.28. The smallest absolute Gasteiger partial charge is 0.123 e. The maximum atomic E-state index is 13.2. The van der Waals surface area contributed by atoms with E-state index in [1.807, 2.05) is 6.07 Å². The number of rotatable bonds is 6. The number of halogens is 1. The average molecular weight is 237 g/mol. The lowest BCUT2D eigenvalue weighted by molar-refractivity contribution is 0.434. The molecule has 1 N–H and O–H groups in total. The summed E-state index contributed by atoms with van der Waals surface area (Å²) in [7, 11) is 0. The lowest BCUT2D eigenvalue weighted by Crippen LogP contribution is -2.29. The number of benzene rings is 1. The Hall–Kier alpha value is -0.890. The molecule has 0 heterocycles. The maximum absolute atomic E-state index is 13.2. The van der Waals surface area contributed by atoms with Gasteiger partial charge in [-0.1, -0.05) is 33.3 Å². The summed E-state index contributed by atoms with van der Waals surface area (Å²) in [5.41, 5.74) is 2.33. The summed E-state index contributed by atoms with van der Waals surface area (Å²) in [6, 6.07) is 5.59. The van der Waals surface area contributed by atoms with Crippen LogP contribution in [-0.2, 0) is 6.42 Å². The van der Waals surface area contributed by atoms with Crippen molar-refractivity contribution in [3.05, 3.63) is 35.1 Å². The Kier molecular flexibility index (Phi) is 5.63. The molecule has 0 radical (unpaired) electrons. The summed E-state index contributed by atoms with van der Waals surface area (Å²) in [5.74, 6) is 0.454. The van der Waals surface area contributed by atoms with Gasteiger partial charge in [0.25, 0.3) is 0 Å². The fourth-order valence-electron chi connectivity index (χ4n) is 1.93. The number of nitrogens with one attached hydrogen (secondary N) is 1. The van der Waals surface area contributed by atoms with Gasteiger partial charge in [0, 0.05) is 6.04 Å². The van der Waals surface area contributed by atoms with E-state index in [4.69, 9.17) is 0 Å². The monoisotopic (exact) mass is 237 g/mol. The third-order valence-electron chi connectivity index (χ3n) is 3.21. The minimum absolute atomic E-state index is 0.128. The third kappa shape index (κ3) is 4.86. The van der Waals surface area contributed by atoms with Crippen molar-refractivity contribution in [2.24, 2.45) is 5.92 Å². The number of hydrogen-bond donors (Lipinski definition) is 1. The van der Waals surface area contributed by atoms with E-state index in [1.165, 1.54) is 11.6 Å². The van der Waals surface area contributed by atoms with Gasteiger partial charge in [0.15, 0.2) is 0 Å². The number of aryl methyl sites for hydroxylation is 1. The Balaban J connectivity index is 2.63. The molecule has 17 heavy (non-hydrogen) atoms. The molecule has 0 amide bonds. The van der Waals surface area contributed by atoms with Crippen LogP contribution in [0.5, 0.6) is 0 Å². The van der Waals surface area contributed by atoms with Gasteiger partial charge in [0.2, 0.25) is 0 Å². The molecular weight excluding hydrogens is 213 g/mol. The highest BCUT2D eigenvalue weighted by molar-refractivity contribution is 5.27. The summed E-state index contributed by atoms with van der Waals surface area (Å²) in [5, 5.41) is 3.46. The van der Waals surface area contributed by atoms with Gasteiger partial charge in [-0.05, 0) is 49.1 Å². The van der Waals surface area contributed by atoms with Gasteiger partial charge in [-0.15, -0.1) is 0 Å². The molecule has 0 saturated heterocycles. The van der Waals surface area contributed by atoms with Crippen LogP contribution in [0.2, 0.25) is 0 Å². The van der Waals surface area contributed by atoms with E-state index in [0.717, 1.165) is 24.9 Å². The van der Waals surface area contributed by atoms with E-state index in [0.29, 0.717) is 12.0 Å². The standard InChI is InChI=1S/C15H24FN/c1-5-13(10-17-11(2)3)8-14-9-15(16)7-6-12(14)4/h6-7,9,11,13,17H,5,8,10H2,1-4H3. The van der Waals surface area contributed by atoms with Crippen LogP contribution in [0.15, 0.2) is 18.2 Å². The highest BCUT2D eigenvalue weighted by atomic mass is 19.1. The van der Waals surface area contributed by atoms with Gasteiger partial charge >= 0.3 is 0 Å². The van der Waals surface area contributed by atoms with Crippen molar-refractivity contribution in [2.45, 2.75) is 46.6 Å². The molecule has 0 spiro atoms. The van der Waals surface area contributed by atoms with Gasteiger partial charge in [-0.2, -0.15) is 0 Å². The van der Waals surface area contributed by atoms with Crippen LogP contribution >= 0.6 is 0 Å². The van der Waals surface area contributed by atoms with Crippen LogP contribution in [-0.4, -0.2) is 12.6 Å². The van der Waals surface area contributed by atoms with Gasteiger partial charge in [-0.25, -0.2) is 4.39 Å². The Labute approximate surface area is 104 Å². The van der Waals surface area contributed by atoms with Crippen molar-refractivity contribution in [3.63, 3.8) is 0 Å². The lowest BCUT2D eigenvalue weighted by atomic mass is 9.94. The zero-order chi connectivity index (χ0) is 12.8. The van der Waals surface area contributed by atoms with Crippen LogP contribution in [0.1, 0.15) is 38.3 Å². The highest BCUT2D eigenvalue weighted by Gasteiger charge is 2.10. The second-order valence-electron chi connectivity index (χ2n) is 5.11. The van der Waals surface area contributed by atoms with Crippen LogP contribution in [0, 0.1) is 18.7 Å². The first-order valence-electron chi connectivity index (χ1n) is 6.51. The molecule has 0 aliphatic rings. The van der Waals surface area contributed by atoms with E-state index in [1.54, 1.807) is 6.07 Å².